The third-order valence-corrected chi connectivity index (χ3v) is 3.13. The number of aliphatic hydroxyl groups is 1. The molecule has 0 saturated carbocycles. The van der Waals surface area contributed by atoms with E-state index < -0.39 is 5.60 Å². The molecule has 0 unspecified atom stereocenters. The summed E-state index contributed by atoms with van der Waals surface area (Å²) in [5.41, 5.74) is -0.699. The second-order valence-electron chi connectivity index (χ2n) is 5.58. The quantitative estimate of drug-likeness (QED) is 0.769. The number of nitrogens with zero attached hydrogens (tertiary/aromatic N) is 2. The molecular weight excluding hydrogens is 248 g/mol. The number of rotatable bonds is 3. The topological polar surface area (TPSA) is 62.2 Å². The molecule has 0 aliphatic carbocycles. The molecule has 0 aromatic heterocycles. The van der Waals surface area contributed by atoms with Crippen LogP contribution < -0.4 is 0 Å². The zero-order valence-electron chi connectivity index (χ0n) is 11.6. The maximum atomic E-state index is 12.1. The predicted molar refractivity (Wildman–Crippen MR) is 69.3 cm³/mol. The van der Waals surface area contributed by atoms with Crippen molar-refractivity contribution in [3.8, 4) is 0 Å². The Hall–Kier alpha value is -1.27. The molecule has 0 aromatic rings. The number of carbonyl (C=O) groups excluding carboxylic acids is 1. The highest BCUT2D eigenvalue weighted by molar-refractivity contribution is 5.91. The van der Waals surface area contributed by atoms with Gasteiger partial charge in [0.2, 0.25) is 5.76 Å². The van der Waals surface area contributed by atoms with Crippen LogP contribution in [0, 0.1) is 0 Å². The van der Waals surface area contributed by atoms with Gasteiger partial charge in [0.25, 0.3) is 5.91 Å². The number of piperazine rings is 1. The van der Waals surface area contributed by atoms with Crippen LogP contribution in [0.4, 0.5) is 0 Å². The van der Waals surface area contributed by atoms with E-state index in [2.05, 4.69) is 4.90 Å². The highest BCUT2D eigenvalue weighted by atomic mass is 16.6. The highest BCUT2D eigenvalue weighted by Crippen LogP contribution is 2.13. The molecule has 2 rings (SSSR count). The van der Waals surface area contributed by atoms with Gasteiger partial charge in [-0.25, -0.2) is 0 Å². The van der Waals surface area contributed by atoms with Gasteiger partial charge in [-0.15, -0.1) is 0 Å². The Bertz CT molecular complexity index is 354. The number of carbonyl (C=O) groups is 1. The molecule has 2 heterocycles. The Morgan fingerprint density at radius 1 is 1.32 bits per heavy atom. The van der Waals surface area contributed by atoms with Gasteiger partial charge in [0.15, 0.2) is 0 Å². The van der Waals surface area contributed by atoms with Gasteiger partial charge in [0, 0.05) is 32.7 Å². The molecule has 2 aliphatic heterocycles. The van der Waals surface area contributed by atoms with E-state index >= 15 is 0 Å². The van der Waals surface area contributed by atoms with Gasteiger partial charge in [-0.1, -0.05) is 0 Å². The highest BCUT2D eigenvalue weighted by Gasteiger charge is 2.27. The second-order valence-corrected chi connectivity index (χ2v) is 5.58. The van der Waals surface area contributed by atoms with Crippen molar-refractivity contribution < 1.29 is 19.4 Å². The SMILES string of the molecule is CC(C)(O)CN1CCN(C(=O)C2=COCCO2)CC1. The number of hydrogen-bond acceptors (Lipinski definition) is 5. The lowest BCUT2D eigenvalue weighted by Crippen LogP contribution is -2.52. The van der Waals surface area contributed by atoms with E-state index in [0.717, 1.165) is 13.1 Å². The molecule has 0 aromatic carbocycles. The number of β-amino-alcohol motifs (C(OH)–C–C–N with tert-alkyl or cyclic N) is 1. The van der Waals surface area contributed by atoms with Crippen molar-refractivity contribution in [3.05, 3.63) is 12.0 Å². The fourth-order valence-electron chi connectivity index (χ4n) is 2.29. The average Bonchev–Trinajstić information content (AvgIpc) is 2.38. The molecule has 0 radical (unpaired) electrons. The molecular formula is C13H22N2O4. The first kappa shape index (κ1) is 14.1. The number of amides is 1. The van der Waals surface area contributed by atoms with Crippen molar-refractivity contribution in [2.24, 2.45) is 0 Å². The van der Waals surface area contributed by atoms with E-state index in [1.165, 1.54) is 6.26 Å². The largest absolute Gasteiger partial charge is 0.494 e. The predicted octanol–water partition coefficient (Wildman–Crippen LogP) is -0.210. The van der Waals surface area contributed by atoms with Gasteiger partial charge in [-0.2, -0.15) is 0 Å². The van der Waals surface area contributed by atoms with Crippen LogP contribution in [0.1, 0.15) is 13.8 Å². The zero-order valence-corrected chi connectivity index (χ0v) is 11.6. The Morgan fingerprint density at radius 3 is 2.53 bits per heavy atom. The smallest absolute Gasteiger partial charge is 0.292 e. The summed E-state index contributed by atoms with van der Waals surface area (Å²) in [7, 11) is 0. The lowest BCUT2D eigenvalue weighted by molar-refractivity contribution is -0.134. The van der Waals surface area contributed by atoms with Crippen molar-refractivity contribution in [1.82, 2.24) is 9.80 Å². The zero-order chi connectivity index (χ0) is 13.9. The molecule has 108 valence electrons. The van der Waals surface area contributed by atoms with Gasteiger partial charge in [0.05, 0.1) is 5.60 Å². The summed E-state index contributed by atoms with van der Waals surface area (Å²) in [5, 5.41) is 9.78. The fraction of sp³-hybridized carbons (Fsp3) is 0.769. The van der Waals surface area contributed by atoms with E-state index in [1.807, 2.05) is 0 Å². The van der Waals surface area contributed by atoms with Gasteiger partial charge < -0.3 is 19.5 Å². The molecule has 19 heavy (non-hydrogen) atoms. The summed E-state index contributed by atoms with van der Waals surface area (Å²) >= 11 is 0. The van der Waals surface area contributed by atoms with Crippen LogP contribution in [-0.4, -0.2) is 72.4 Å². The summed E-state index contributed by atoms with van der Waals surface area (Å²) in [6.45, 7) is 7.97. The van der Waals surface area contributed by atoms with Crippen LogP contribution in [0.15, 0.2) is 12.0 Å². The Kier molecular flexibility index (Phi) is 4.31. The molecule has 1 saturated heterocycles. The molecule has 0 atom stereocenters. The summed E-state index contributed by atoms with van der Waals surface area (Å²) < 4.78 is 10.4. The molecule has 1 fully saturated rings. The number of ether oxygens (including phenoxy) is 2. The van der Waals surface area contributed by atoms with Crippen molar-refractivity contribution >= 4 is 5.91 Å². The molecule has 2 aliphatic rings. The van der Waals surface area contributed by atoms with Crippen LogP contribution in [-0.2, 0) is 14.3 Å². The Balaban J connectivity index is 1.82. The maximum absolute atomic E-state index is 12.1. The summed E-state index contributed by atoms with van der Waals surface area (Å²) in [6, 6.07) is 0. The summed E-state index contributed by atoms with van der Waals surface area (Å²) in [6.07, 6.45) is 1.40. The van der Waals surface area contributed by atoms with Crippen molar-refractivity contribution in [2.45, 2.75) is 19.4 Å². The van der Waals surface area contributed by atoms with Crippen molar-refractivity contribution in [1.29, 1.82) is 0 Å². The summed E-state index contributed by atoms with van der Waals surface area (Å²) in [5.74, 6) is 0.185. The third-order valence-electron chi connectivity index (χ3n) is 3.13. The Morgan fingerprint density at radius 2 is 2.00 bits per heavy atom. The minimum Gasteiger partial charge on any atom is -0.494 e. The first-order valence-corrected chi connectivity index (χ1v) is 6.64. The van der Waals surface area contributed by atoms with E-state index in [-0.39, 0.29) is 5.91 Å². The number of hydrogen-bond donors (Lipinski definition) is 1. The molecule has 6 heteroatoms. The fourth-order valence-corrected chi connectivity index (χ4v) is 2.29. The van der Waals surface area contributed by atoms with Gasteiger partial charge >= 0.3 is 0 Å². The Labute approximate surface area is 113 Å². The average molecular weight is 270 g/mol. The van der Waals surface area contributed by atoms with Crippen LogP contribution in [0.3, 0.4) is 0 Å². The molecule has 0 spiro atoms. The van der Waals surface area contributed by atoms with Crippen LogP contribution in [0.2, 0.25) is 0 Å². The monoisotopic (exact) mass is 270 g/mol. The minimum absolute atomic E-state index is 0.109. The maximum Gasteiger partial charge on any atom is 0.292 e. The van der Waals surface area contributed by atoms with E-state index in [0.29, 0.717) is 38.6 Å². The molecule has 0 bridgehead atoms. The standard InChI is InChI=1S/C13H22N2O4/c1-13(2,17)10-14-3-5-15(6-4-14)12(16)11-9-18-7-8-19-11/h9,17H,3-8,10H2,1-2H3. The van der Waals surface area contributed by atoms with Crippen molar-refractivity contribution in [2.75, 3.05) is 45.9 Å². The van der Waals surface area contributed by atoms with Crippen LogP contribution >= 0.6 is 0 Å². The van der Waals surface area contributed by atoms with Crippen molar-refractivity contribution in [3.63, 3.8) is 0 Å². The molecule has 1 amide bonds. The lowest BCUT2D eigenvalue weighted by atomic mass is 10.1. The third kappa shape index (κ3) is 4.11. The normalized spacial score (nSPS) is 21.4. The van der Waals surface area contributed by atoms with Crippen LogP contribution in [0.5, 0.6) is 0 Å². The van der Waals surface area contributed by atoms with Gasteiger partial charge in [0.1, 0.15) is 19.5 Å². The van der Waals surface area contributed by atoms with E-state index in [9.17, 15) is 9.90 Å². The summed E-state index contributed by atoms with van der Waals surface area (Å²) in [4.78, 5) is 16.1. The minimum atomic E-state index is -0.699. The lowest BCUT2D eigenvalue weighted by Gasteiger charge is -2.37. The van der Waals surface area contributed by atoms with E-state index in [4.69, 9.17) is 9.47 Å². The molecule has 1 N–H and O–H groups in total. The van der Waals surface area contributed by atoms with E-state index in [1.54, 1.807) is 18.7 Å². The second kappa shape index (κ2) is 5.79. The van der Waals surface area contributed by atoms with Gasteiger partial charge in [-0.05, 0) is 13.8 Å². The van der Waals surface area contributed by atoms with Gasteiger partial charge in [-0.3, -0.25) is 9.69 Å². The first-order chi connectivity index (χ1) is 8.96. The first-order valence-electron chi connectivity index (χ1n) is 6.64. The van der Waals surface area contributed by atoms with Crippen LogP contribution in [0.25, 0.3) is 0 Å². The molecule has 6 nitrogen and oxygen atoms in total.